The van der Waals surface area contributed by atoms with Crippen LogP contribution in [0.1, 0.15) is 30.3 Å². The van der Waals surface area contributed by atoms with Crippen LogP contribution >= 0.6 is 11.8 Å². The molecule has 1 saturated heterocycles. The van der Waals surface area contributed by atoms with Gasteiger partial charge in [-0.3, -0.25) is 14.5 Å². The summed E-state index contributed by atoms with van der Waals surface area (Å²) in [6.07, 6.45) is 0. The average Bonchev–Trinajstić information content (AvgIpc) is 2.98. The molecule has 0 spiro atoms. The van der Waals surface area contributed by atoms with Gasteiger partial charge in [-0.2, -0.15) is 0 Å². The smallest absolute Gasteiger partial charge is 0.238 e. The number of nitrogens with one attached hydrogen (secondary N) is 1. The van der Waals surface area contributed by atoms with E-state index >= 15 is 0 Å². The largest absolute Gasteiger partial charge is 0.326 e. The molecule has 1 N–H and O–H groups in total. The number of carbonyl (C=O) groups excluding carboxylic acids is 2. The van der Waals surface area contributed by atoms with Crippen molar-refractivity contribution in [2.45, 2.75) is 26.1 Å². The molecule has 1 atom stereocenters. The third-order valence-corrected chi connectivity index (χ3v) is 5.38. The molecule has 25 heavy (non-hydrogen) atoms. The summed E-state index contributed by atoms with van der Waals surface area (Å²) in [4.78, 5) is 26.0. The van der Waals surface area contributed by atoms with Gasteiger partial charge in [0.25, 0.3) is 0 Å². The van der Waals surface area contributed by atoms with E-state index in [4.69, 9.17) is 0 Å². The molecule has 0 saturated carbocycles. The summed E-state index contributed by atoms with van der Waals surface area (Å²) in [7, 11) is 0. The molecule has 1 heterocycles. The molecule has 0 aliphatic carbocycles. The van der Waals surface area contributed by atoms with Crippen LogP contribution in [-0.4, -0.2) is 17.6 Å². The quantitative estimate of drug-likeness (QED) is 0.887. The fourth-order valence-electron chi connectivity index (χ4n) is 2.67. The molecular weight excluding hydrogens is 332 g/mol. The number of hydrogen-bond acceptors (Lipinski definition) is 3. The van der Waals surface area contributed by atoms with Crippen LogP contribution in [-0.2, 0) is 9.59 Å². The van der Waals surface area contributed by atoms with Gasteiger partial charge in [0, 0.05) is 17.3 Å². The summed E-state index contributed by atoms with van der Waals surface area (Å²) >= 11 is 1.62. The van der Waals surface area contributed by atoms with Gasteiger partial charge in [-0.05, 0) is 36.8 Å². The first-order chi connectivity index (χ1) is 12.0. The van der Waals surface area contributed by atoms with Crippen LogP contribution in [0.25, 0.3) is 0 Å². The summed E-state index contributed by atoms with van der Waals surface area (Å²) in [5.41, 5.74) is 3.92. The Kier molecular flexibility index (Phi) is 5.13. The molecule has 2 aromatic rings. The molecule has 0 unspecified atom stereocenters. The first-order valence-electron chi connectivity index (χ1n) is 8.37. The zero-order valence-electron chi connectivity index (χ0n) is 14.7. The van der Waals surface area contributed by atoms with Crippen molar-refractivity contribution in [3.05, 3.63) is 59.7 Å². The Morgan fingerprint density at radius 1 is 1.12 bits per heavy atom. The lowest BCUT2D eigenvalue weighted by molar-refractivity contribution is -0.119. The molecule has 1 fully saturated rings. The van der Waals surface area contributed by atoms with Crippen LogP contribution in [0.3, 0.4) is 0 Å². The van der Waals surface area contributed by atoms with Crippen molar-refractivity contribution in [3.8, 4) is 0 Å². The third-order valence-electron chi connectivity index (χ3n) is 4.17. The summed E-state index contributed by atoms with van der Waals surface area (Å²) in [5.74, 6) is 0.542. The Morgan fingerprint density at radius 3 is 2.36 bits per heavy atom. The normalized spacial score (nSPS) is 17.2. The van der Waals surface area contributed by atoms with E-state index in [9.17, 15) is 9.59 Å². The molecule has 2 amide bonds. The number of thioether (sulfide) groups is 1. The van der Waals surface area contributed by atoms with Gasteiger partial charge in [-0.1, -0.05) is 43.7 Å². The van der Waals surface area contributed by atoms with E-state index < -0.39 is 0 Å². The van der Waals surface area contributed by atoms with E-state index in [0.29, 0.717) is 5.75 Å². The van der Waals surface area contributed by atoms with Crippen molar-refractivity contribution in [2.75, 3.05) is 16.0 Å². The van der Waals surface area contributed by atoms with Gasteiger partial charge in [-0.25, -0.2) is 0 Å². The van der Waals surface area contributed by atoms with Crippen LogP contribution in [0.4, 0.5) is 11.4 Å². The summed E-state index contributed by atoms with van der Waals surface area (Å²) in [5, 5.41) is 2.85. The van der Waals surface area contributed by atoms with E-state index in [1.807, 2.05) is 74.2 Å². The fourth-order valence-corrected chi connectivity index (χ4v) is 3.85. The first-order valence-corrected chi connectivity index (χ1v) is 9.42. The molecule has 1 aliphatic heterocycles. The molecule has 2 aromatic carbocycles. The number of anilines is 2. The second kappa shape index (κ2) is 7.31. The Morgan fingerprint density at radius 2 is 1.76 bits per heavy atom. The standard InChI is InChI=1S/C20H22N2O2S/c1-13(2)19(24)21-16-8-6-15(7-9-16)20-22(18(23)12-25-20)17-10-4-14(3)5-11-17/h4-11,13,20H,12H2,1-3H3,(H,21,24)/t20-/m1/s1. The van der Waals surface area contributed by atoms with Crippen LogP contribution in [0.5, 0.6) is 0 Å². The van der Waals surface area contributed by atoms with Gasteiger partial charge in [0.1, 0.15) is 5.37 Å². The van der Waals surface area contributed by atoms with Gasteiger partial charge in [0.05, 0.1) is 5.75 Å². The van der Waals surface area contributed by atoms with Crippen molar-refractivity contribution in [2.24, 2.45) is 5.92 Å². The average molecular weight is 354 g/mol. The highest BCUT2D eigenvalue weighted by atomic mass is 32.2. The first kappa shape index (κ1) is 17.5. The molecule has 4 nitrogen and oxygen atoms in total. The third kappa shape index (κ3) is 3.87. The van der Waals surface area contributed by atoms with Gasteiger partial charge >= 0.3 is 0 Å². The van der Waals surface area contributed by atoms with Crippen molar-refractivity contribution < 1.29 is 9.59 Å². The minimum absolute atomic E-state index is 0.000508. The van der Waals surface area contributed by atoms with E-state index in [0.717, 1.165) is 16.9 Å². The fraction of sp³-hybridized carbons (Fsp3) is 0.300. The maximum Gasteiger partial charge on any atom is 0.238 e. The van der Waals surface area contributed by atoms with Gasteiger partial charge in [0.2, 0.25) is 11.8 Å². The Balaban J connectivity index is 1.81. The highest BCUT2D eigenvalue weighted by Gasteiger charge is 2.33. The lowest BCUT2D eigenvalue weighted by Crippen LogP contribution is -2.27. The molecule has 0 aromatic heterocycles. The van der Waals surface area contributed by atoms with Crippen LogP contribution in [0.2, 0.25) is 0 Å². The zero-order chi connectivity index (χ0) is 18.0. The SMILES string of the molecule is Cc1ccc(N2C(=O)CS[C@@H]2c2ccc(NC(=O)C(C)C)cc2)cc1. The molecular formula is C20H22N2O2S. The number of amides is 2. The Hall–Kier alpha value is -2.27. The summed E-state index contributed by atoms with van der Waals surface area (Å²) in [6, 6.07) is 15.8. The van der Waals surface area contributed by atoms with Gasteiger partial charge in [0.15, 0.2) is 0 Å². The number of carbonyl (C=O) groups is 2. The highest BCUT2D eigenvalue weighted by Crippen LogP contribution is 2.41. The van der Waals surface area contributed by atoms with Crippen LogP contribution in [0, 0.1) is 12.8 Å². The van der Waals surface area contributed by atoms with Crippen molar-refractivity contribution in [1.29, 1.82) is 0 Å². The second-order valence-corrected chi connectivity index (χ2v) is 7.60. The Labute approximate surface area is 152 Å². The second-order valence-electron chi connectivity index (χ2n) is 6.53. The van der Waals surface area contributed by atoms with E-state index in [2.05, 4.69) is 5.32 Å². The molecule has 0 radical (unpaired) electrons. The van der Waals surface area contributed by atoms with Crippen LogP contribution < -0.4 is 10.2 Å². The van der Waals surface area contributed by atoms with Crippen LogP contribution in [0.15, 0.2) is 48.5 Å². The molecule has 3 rings (SSSR count). The van der Waals surface area contributed by atoms with E-state index in [1.165, 1.54) is 5.56 Å². The maximum atomic E-state index is 12.4. The Bertz CT molecular complexity index is 769. The minimum atomic E-state index is -0.0558. The molecule has 130 valence electrons. The minimum Gasteiger partial charge on any atom is -0.326 e. The summed E-state index contributed by atoms with van der Waals surface area (Å²) in [6.45, 7) is 5.76. The highest BCUT2D eigenvalue weighted by molar-refractivity contribution is 8.00. The topological polar surface area (TPSA) is 49.4 Å². The predicted octanol–water partition coefficient (Wildman–Crippen LogP) is 4.37. The van der Waals surface area contributed by atoms with Gasteiger partial charge in [-0.15, -0.1) is 11.8 Å². The molecule has 0 bridgehead atoms. The maximum absolute atomic E-state index is 12.4. The van der Waals surface area contributed by atoms with Crippen molar-refractivity contribution >= 4 is 35.0 Å². The number of rotatable bonds is 4. The van der Waals surface area contributed by atoms with E-state index in [-0.39, 0.29) is 23.1 Å². The molecule has 1 aliphatic rings. The lowest BCUT2D eigenvalue weighted by Gasteiger charge is -2.24. The number of benzene rings is 2. The van der Waals surface area contributed by atoms with E-state index in [1.54, 1.807) is 11.8 Å². The van der Waals surface area contributed by atoms with Gasteiger partial charge < -0.3 is 5.32 Å². The number of nitrogens with zero attached hydrogens (tertiary/aromatic N) is 1. The molecule has 5 heteroatoms. The lowest BCUT2D eigenvalue weighted by atomic mass is 10.1. The summed E-state index contributed by atoms with van der Waals surface area (Å²) < 4.78 is 0. The van der Waals surface area contributed by atoms with Crippen molar-refractivity contribution in [1.82, 2.24) is 0 Å². The predicted molar refractivity (Wildman–Crippen MR) is 104 cm³/mol. The van der Waals surface area contributed by atoms with Crippen molar-refractivity contribution in [3.63, 3.8) is 0 Å². The zero-order valence-corrected chi connectivity index (χ0v) is 15.5. The number of hydrogen-bond donors (Lipinski definition) is 1. The number of aryl methyl sites for hydroxylation is 1. The monoisotopic (exact) mass is 354 g/mol.